The normalized spacial score (nSPS) is 22.9. The van der Waals surface area contributed by atoms with E-state index in [4.69, 9.17) is 17.3 Å². The Balaban J connectivity index is 1.87. The minimum absolute atomic E-state index is 0.0698. The summed E-state index contributed by atoms with van der Waals surface area (Å²) in [6.45, 7) is 0. The molecule has 0 radical (unpaired) electrons. The third-order valence-corrected chi connectivity index (χ3v) is 4.64. The van der Waals surface area contributed by atoms with Crippen LogP contribution in [0, 0.1) is 5.92 Å². The molecule has 106 valence electrons. The SMILES string of the molecule is NC1CCCCC1C(=O)Nc1c(Cl)ccc2nsnc12. The zero-order chi connectivity index (χ0) is 14.1. The van der Waals surface area contributed by atoms with Crippen molar-refractivity contribution in [3.05, 3.63) is 17.2 Å². The molecular weight excluding hydrogens is 296 g/mol. The molecule has 5 nitrogen and oxygen atoms in total. The van der Waals surface area contributed by atoms with Crippen molar-refractivity contribution in [2.75, 3.05) is 5.32 Å². The van der Waals surface area contributed by atoms with Crippen LogP contribution in [0.5, 0.6) is 0 Å². The first-order valence-corrected chi connectivity index (χ1v) is 7.75. The molecule has 2 atom stereocenters. The number of nitrogens with one attached hydrogen (secondary N) is 1. The Bertz CT molecular complexity index is 644. The van der Waals surface area contributed by atoms with Gasteiger partial charge in [-0.25, -0.2) is 0 Å². The van der Waals surface area contributed by atoms with Crippen molar-refractivity contribution in [1.29, 1.82) is 0 Å². The van der Waals surface area contributed by atoms with Crippen molar-refractivity contribution in [1.82, 2.24) is 8.75 Å². The fourth-order valence-electron chi connectivity index (χ4n) is 2.65. The molecule has 2 unspecified atom stereocenters. The van der Waals surface area contributed by atoms with Crippen LogP contribution in [0.3, 0.4) is 0 Å². The number of rotatable bonds is 2. The van der Waals surface area contributed by atoms with E-state index < -0.39 is 0 Å². The monoisotopic (exact) mass is 310 g/mol. The van der Waals surface area contributed by atoms with Gasteiger partial charge in [0.2, 0.25) is 5.91 Å². The number of benzene rings is 1. The molecule has 20 heavy (non-hydrogen) atoms. The van der Waals surface area contributed by atoms with Gasteiger partial charge in [-0.05, 0) is 25.0 Å². The van der Waals surface area contributed by atoms with Crippen LogP contribution in [0.1, 0.15) is 25.7 Å². The predicted octanol–water partition coefficient (Wildman–Crippen LogP) is 2.80. The van der Waals surface area contributed by atoms with Crippen molar-refractivity contribution in [3.63, 3.8) is 0 Å². The van der Waals surface area contributed by atoms with Crippen molar-refractivity contribution in [2.45, 2.75) is 31.7 Å². The number of hydrogen-bond donors (Lipinski definition) is 2. The largest absolute Gasteiger partial charge is 0.327 e. The lowest BCUT2D eigenvalue weighted by atomic mass is 9.84. The molecule has 3 N–H and O–H groups in total. The van der Waals surface area contributed by atoms with E-state index in [0.717, 1.165) is 42.9 Å². The third kappa shape index (κ3) is 2.51. The second-order valence-electron chi connectivity index (χ2n) is 5.10. The number of halogens is 1. The molecule has 1 saturated carbocycles. The highest BCUT2D eigenvalue weighted by Crippen LogP contribution is 2.31. The molecule has 0 spiro atoms. The van der Waals surface area contributed by atoms with Crippen LogP contribution in [-0.4, -0.2) is 20.7 Å². The number of amides is 1. The topological polar surface area (TPSA) is 80.9 Å². The van der Waals surface area contributed by atoms with E-state index >= 15 is 0 Å². The molecule has 2 aromatic rings. The Morgan fingerprint density at radius 3 is 2.95 bits per heavy atom. The molecule has 1 heterocycles. The van der Waals surface area contributed by atoms with Crippen LogP contribution in [0.2, 0.25) is 5.02 Å². The number of nitrogens with two attached hydrogens (primary N) is 1. The summed E-state index contributed by atoms with van der Waals surface area (Å²) in [5, 5.41) is 3.37. The van der Waals surface area contributed by atoms with E-state index in [1.54, 1.807) is 12.1 Å². The molecule has 3 rings (SSSR count). The van der Waals surface area contributed by atoms with Gasteiger partial charge in [0.05, 0.1) is 28.4 Å². The first kappa shape index (κ1) is 13.7. The number of carbonyl (C=O) groups is 1. The Kier molecular flexibility index (Phi) is 3.87. The van der Waals surface area contributed by atoms with Gasteiger partial charge in [-0.1, -0.05) is 24.4 Å². The molecule has 0 bridgehead atoms. The average Bonchev–Trinajstić information content (AvgIpc) is 2.91. The number of hydrogen-bond acceptors (Lipinski definition) is 5. The Morgan fingerprint density at radius 1 is 1.35 bits per heavy atom. The number of fused-ring (bicyclic) bond motifs is 1. The maximum atomic E-state index is 12.4. The predicted molar refractivity (Wildman–Crippen MR) is 81.0 cm³/mol. The van der Waals surface area contributed by atoms with Crippen molar-refractivity contribution in [3.8, 4) is 0 Å². The summed E-state index contributed by atoms with van der Waals surface area (Å²) >= 11 is 7.27. The van der Waals surface area contributed by atoms with Crippen molar-refractivity contribution in [2.24, 2.45) is 11.7 Å². The van der Waals surface area contributed by atoms with Crippen LogP contribution >= 0.6 is 23.3 Å². The highest BCUT2D eigenvalue weighted by molar-refractivity contribution is 7.00. The molecule has 0 saturated heterocycles. The Hall–Kier alpha value is -1.24. The van der Waals surface area contributed by atoms with Gasteiger partial charge in [-0.3, -0.25) is 4.79 Å². The van der Waals surface area contributed by atoms with Gasteiger partial charge in [-0.2, -0.15) is 8.75 Å². The van der Waals surface area contributed by atoms with E-state index in [-0.39, 0.29) is 17.9 Å². The average molecular weight is 311 g/mol. The maximum Gasteiger partial charge on any atom is 0.229 e. The number of anilines is 1. The fraction of sp³-hybridized carbons (Fsp3) is 0.462. The lowest BCUT2D eigenvalue weighted by Crippen LogP contribution is -2.40. The molecular formula is C13H15ClN4OS. The van der Waals surface area contributed by atoms with Crippen molar-refractivity contribution >= 4 is 46.0 Å². The summed E-state index contributed by atoms with van der Waals surface area (Å²) in [6.07, 6.45) is 3.86. The van der Waals surface area contributed by atoms with Crippen LogP contribution in [-0.2, 0) is 4.79 Å². The number of aromatic nitrogens is 2. The lowest BCUT2D eigenvalue weighted by molar-refractivity contribution is -0.121. The highest BCUT2D eigenvalue weighted by atomic mass is 35.5. The fourth-order valence-corrected chi connectivity index (χ4v) is 3.39. The van der Waals surface area contributed by atoms with E-state index in [2.05, 4.69) is 14.1 Å². The highest BCUT2D eigenvalue weighted by Gasteiger charge is 2.29. The summed E-state index contributed by atoms with van der Waals surface area (Å²) in [5.74, 6) is -0.221. The van der Waals surface area contributed by atoms with Gasteiger partial charge in [0.15, 0.2) is 0 Å². The lowest BCUT2D eigenvalue weighted by Gasteiger charge is -2.27. The van der Waals surface area contributed by atoms with Gasteiger partial charge in [0, 0.05) is 6.04 Å². The van der Waals surface area contributed by atoms with Crippen LogP contribution < -0.4 is 11.1 Å². The van der Waals surface area contributed by atoms with E-state index in [0.29, 0.717) is 16.2 Å². The first-order chi connectivity index (χ1) is 9.66. The molecule has 1 aromatic carbocycles. The van der Waals surface area contributed by atoms with E-state index in [1.807, 2.05) is 0 Å². The molecule has 1 aliphatic rings. The smallest absolute Gasteiger partial charge is 0.229 e. The van der Waals surface area contributed by atoms with Crippen LogP contribution in [0.25, 0.3) is 11.0 Å². The molecule has 1 aliphatic carbocycles. The van der Waals surface area contributed by atoms with E-state index in [1.165, 1.54) is 0 Å². The van der Waals surface area contributed by atoms with Gasteiger partial charge in [0.25, 0.3) is 0 Å². The van der Waals surface area contributed by atoms with Crippen LogP contribution in [0.15, 0.2) is 12.1 Å². The quantitative estimate of drug-likeness (QED) is 0.893. The van der Waals surface area contributed by atoms with Crippen molar-refractivity contribution < 1.29 is 4.79 Å². The summed E-state index contributed by atoms with van der Waals surface area (Å²) < 4.78 is 8.35. The maximum absolute atomic E-state index is 12.4. The van der Waals surface area contributed by atoms with E-state index in [9.17, 15) is 4.79 Å². The second kappa shape index (κ2) is 5.63. The molecule has 7 heteroatoms. The summed E-state index contributed by atoms with van der Waals surface area (Å²) in [4.78, 5) is 12.4. The second-order valence-corrected chi connectivity index (χ2v) is 6.03. The van der Waals surface area contributed by atoms with Gasteiger partial charge in [-0.15, -0.1) is 0 Å². The first-order valence-electron chi connectivity index (χ1n) is 6.64. The van der Waals surface area contributed by atoms with Gasteiger partial charge >= 0.3 is 0 Å². The minimum Gasteiger partial charge on any atom is -0.327 e. The Labute approximate surface area is 125 Å². The number of carbonyl (C=O) groups excluding carboxylic acids is 1. The summed E-state index contributed by atoms with van der Waals surface area (Å²) in [5.41, 5.74) is 7.96. The van der Waals surface area contributed by atoms with Gasteiger partial charge in [0.1, 0.15) is 11.0 Å². The summed E-state index contributed by atoms with van der Waals surface area (Å²) in [7, 11) is 0. The minimum atomic E-state index is -0.151. The zero-order valence-corrected chi connectivity index (χ0v) is 12.4. The van der Waals surface area contributed by atoms with Gasteiger partial charge < -0.3 is 11.1 Å². The molecule has 1 aromatic heterocycles. The third-order valence-electron chi connectivity index (χ3n) is 3.78. The van der Waals surface area contributed by atoms with Crippen LogP contribution in [0.4, 0.5) is 5.69 Å². The molecule has 1 amide bonds. The molecule has 0 aliphatic heterocycles. The summed E-state index contributed by atoms with van der Waals surface area (Å²) in [6, 6.07) is 3.44. The number of nitrogens with zero attached hydrogens (tertiary/aromatic N) is 2. The molecule has 1 fully saturated rings. The standard InChI is InChI=1S/C13H15ClN4OS/c14-8-5-6-10-12(18-20-17-10)11(8)16-13(19)7-3-1-2-4-9(7)15/h5-7,9H,1-4,15H2,(H,16,19). The zero-order valence-electron chi connectivity index (χ0n) is 10.8. The Morgan fingerprint density at radius 2 is 2.15 bits per heavy atom.